The summed E-state index contributed by atoms with van der Waals surface area (Å²) in [6.07, 6.45) is 7.49. The fourth-order valence-electron chi connectivity index (χ4n) is 3.89. The molecule has 24 heavy (non-hydrogen) atoms. The molecule has 1 saturated carbocycles. The summed E-state index contributed by atoms with van der Waals surface area (Å²) in [5.74, 6) is 0.977. The Morgan fingerprint density at radius 2 is 1.42 bits per heavy atom. The topological polar surface area (TPSA) is 9.23 Å². The first kappa shape index (κ1) is 17.1. The van der Waals surface area contributed by atoms with Crippen molar-refractivity contribution in [3.63, 3.8) is 0 Å². The maximum atomic E-state index is 6.13. The van der Waals surface area contributed by atoms with Crippen LogP contribution < -0.4 is 4.74 Å². The van der Waals surface area contributed by atoms with Gasteiger partial charge in [-0.1, -0.05) is 68.7 Å². The van der Waals surface area contributed by atoms with Crippen molar-refractivity contribution in [1.29, 1.82) is 0 Å². The third-order valence-corrected chi connectivity index (χ3v) is 5.69. The van der Waals surface area contributed by atoms with Gasteiger partial charge in [-0.2, -0.15) is 0 Å². The number of hydrogen-bond donors (Lipinski definition) is 0. The van der Waals surface area contributed by atoms with Crippen molar-refractivity contribution >= 4 is 0 Å². The molecule has 0 aromatic heterocycles. The van der Waals surface area contributed by atoms with Crippen LogP contribution in [-0.4, -0.2) is 5.60 Å². The van der Waals surface area contributed by atoms with Crippen molar-refractivity contribution in [2.45, 2.75) is 70.3 Å². The van der Waals surface area contributed by atoms with E-state index in [2.05, 4.69) is 75.4 Å². The Balaban J connectivity index is 1.92. The van der Waals surface area contributed by atoms with Crippen molar-refractivity contribution in [3.05, 3.63) is 65.7 Å². The van der Waals surface area contributed by atoms with Crippen LogP contribution in [0.1, 0.15) is 70.4 Å². The molecule has 0 spiro atoms. The van der Waals surface area contributed by atoms with Crippen molar-refractivity contribution < 1.29 is 4.74 Å². The fourth-order valence-corrected chi connectivity index (χ4v) is 3.89. The molecule has 1 heteroatoms. The van der Waals surface area contributed by atoms with Gasteiger partial charge in [-0.3, -0.25) is 0 Å². The lowest BCUT2D eigenvalue weighted by Gasteiger charge is -2.39. The average Bonchev–Trinajstić information content (AvgIpc) is 2.63. The Morgan fingerprint density at radius 1 is 0.833 bits per heavy atom. The minimum Gasteiger partial charge on any atom is -0.488 e. The second-order valence-corrected chi connectivity index (χ2v) is 7.75. The molecular weight excluding hydrogens is 292 g/mol. The summed E-state index contributed by atoms with van der Waals surface area (Å²) in [5, 5.41) is 0. The minimum absolute atomic E-state index is 0.108. The van der Waals surface area contributed by atoms with Gasteiger partial charge in [0.25, 0.3) is 0 Å². The summed E-state index contributed by atoms with van der Waals surface area (Å²) >= 11 is 0. The predicted molar refractivity (Wildman–Crippen MR) is 102 cm³/mol. The molecule has 0 amide bonds. The fraction of sp³-hybridized carbons (Fsp3) is 0.478. The molecular formula is C23H30O. The van der Waals surface area contributed by atoms with Crippen LogP contribution in [0.3, 0.4) is 0 Å². The van der Waals surface area contributed by atoms with Gasteiger partial charge < -0.3 is 4.74 Å². The summed E-state index contributed by atoms with van der Waals surface area (Å²) in [4.78, 5) is 0. The van der Waals surface area contributed by atoms with Gasteiger partial charge in [0.05, 0.1) is 0 Å². The van der Waals surface area contributed by atoms with Crippen LogP contribution in [0.4, 0.5) is 0 Å². The van der Waals surface area contributed by atoms with E-state index >= 15 is 0 Å². The van der Waals surface area contributed by atoms with Gasteiger partial charge in [-0.25, -0.2) is 0 Å². The molecule has 2 aromatic carbocycles. The van der Waals surface area contributed by atoms with Gasteiger partial charge in [0.15, 0.2) is 0 Å². The van der Waals surface area contributed by atoms with E-state index in [0.717, 1.165) is 12.2 Å². The number of benzene rings is 2. The van der Waals surface area contributed by atoms with Crippen molar-refractivity contribution in [1.82, 2.24) is 0 Å². The molecule has 0 atom stereocenters. The first-order valence-electron chi connectivity index (χ1n) is 9.41. The first-order valence-corrected chi connectivity index (χ1v) is 9.41. The molecule has 0 N–H and O–H groups in total. The first-order chi connectivity index (χ1) is 11.6. The predicted octanol–water partition coefficient (Wildman–Crippen LogP) is 6.50. The molecule has 0 unspecified atom stereocenters. The third kappa shape index (κ3) is 3.50. The van der Waals surface area contributed by atoms with E-state index in [1.54, 1.807) is 0 Å². The molecule has 1 fully saturated rings. The van der Waals surface area contributed by atoms with E-state index in [1.165, 1.54) is 43.2 Å². The Bertz CT molecular complexity index is 633. The van der Waals surface area contributed by atoms with E-state index in [4.69, 9.17) is 4.74 Å². The van der Waals surface area contributed by atoms with Crippen LogP contribution >= 0.6 is 0 Å². The Morgan fingerprint density at radius 3 is 2.00 bits per heavy atom. The molecule has 1 aliphatic rings. The number of ether oxygens (including phenoxy) is 1. The standard InChI is InChI=1S/C23H30O/c1-4-22(2,3)24-21-15-13-20(14-16-21)23(17-9-6-10-18-23)19-11-7-5-8-12-19/h5,7-8,11-16H,4,6,9-10,17-18H2,1-3H3. The quantitative estimate of drug-likeness (QED) is 0.610. The Labute approximate surface area is 147 Å². The van der Waals surface area contributed by atoms with E-state index in [0.29, 0.717) is 0 Å². The Kier molecular flexibility index (Phi) is 4.99. The summed E-state index contributed by atoms with van der Waals surface area (Å²) in [6.45, 7) is 6.46. The second kappa shape index (κ2) is 7.01. The van der Waals surface area contributed by atoms with Crippen LogP contribution in [-0.2, 0) is 5.41 Å². The van der Waals surface area contributed by atoms with Gasteiger partial charge in [-0.05, 0) is 56.4 Å². The normalized spacial score (nSPS) is 17.5. The average molecular weight is 322 g/mol. The van der Waals surface area contributed by atoms with Gasteiger partial charge in [0, 0.05) is 5.41 Å². The SMILES string of the molecule is CCC(C)(C)Oc1ccc(C2(c3ccccc3)CCCCC2)cc1. The summed E-state index contributed by atoms with van der Waals surface area (Å²) in [5.41, 5.74) is 2.98. The zero-order valence-electron chi connectivity index (χ0n) is 15.3. The molecule has 1 nitrogen and oxygen atoms in total. The van der Waals surface area contributed by atoms with E-state index in [-0.39, 0.29) is 11.0 Å². The van der Waals surface area contributed by atoms with Crippen LogP contribution in [0.5, 0.6) is 5.75 Å². The van der Waals surface area contributed by atoms with Crippen molar-refractivity contribution in [2.75, 3.05) is 0 Å². The highest BCUT2D eigenvalue weighted by Crippen LogP contribution is 2.45. The molecule has 1 aliphatic carbocycles. The van der Waals surface area contributed by atoms with Crippen LogP contribution in [0.15, 0.2) is 54.6 Å². The van der Waals surface area contributed by atoms with E-state index < -0.39 is 0 Å². The van der Waals surface area contributed by atoms with Crippen LogP contribution in [0.25, 0.3) is 0 Å². The molecule has 0 heterocycles. The van der Waals surface area contributed by atoms with Gasteiger partial charge in [0.2, 0.25) is 0 Å². The van der Waals surface area contributed by atoms with Crippen molar-refractivity contribution in [3.8, 4) is 5.75 Å². The lowest BCUT2D eigenvalue weighted by atomic mass is 9.65. The van der Waals surface area contributed by atoms with Gasteiger partial charge >= 0.3 is 0 Å². The molecule has 0 radical (unpaired) electrons. The van der Waals surface area contributed by atoms with E-state index in [1.807, 2.05) is 0 Å². The highest BCUT2D eigenvalue weighted by molar-refractivity contribution is 5.42. The minimum atomic E-state index is -0.108. The smallest absolute Gasteiger partial charge is 0.120 e. The molecule has 3 rings (SSSR count). The highest BCUT2D eigenvalue weighted by atomic mass is 16.5. The maximum Gasteiger partial charge on any atom is 0.120 e. The maximum absolute atomic E-state index is 6.13. The zero-order valence-corrected chi connectivity index (χ0v) is 15.3. The van der Waals surface area contributed by atoms with Crippen molar-refractivity contribution in [2.24, 2.45) is 0 Å². The van der Waals surface area contributed by atoms with Gasteiger partial charge in [-0.15, -0.1) is 0 Å². The van der Waals surface area contributed by atoms with Crippen LogP contribution in [0.2, 0.25) is 0 Å². The van der Waals surface area contributed by atoms with Gasteiger partial charge in [0.1, 0.15) is 11.4 Å². The molecule has 2 aromatic rings. The summed E-state index contributed by atoms with van der Waals surface area (Å²) in [7, 11) is 0. The lowest BCUT2D eigenvalue weighted by molar-refractivity contribution is 0.105. The number of hydrogen-bond acceptors (Lipinski definition) is 1. The summed E-state index contributed by atoms with van der Waals surface area (Å²) in [6, 6.07) is 20.0. The third-order valence-electron chi connectivity index (χ3n) is 5.69. The second-order valence-electron chi connectivity index (χ2n) is 7.75. The Hall–Kier alpha value is -1.76. The molecule has 128 valence electrons. The molecule has 0 saturated heterocycles. The monoisotopic (exact) mass is 322 g/mol. The van der Waals surface area contributed by atoms with E-state index in [9.17, 15) is 0 Å². The summed E-state index contributed by atoms with van der Waals surface area (Å²) < 4.78 is 6.13. The highest BCUT2D eigenvalue weighted by Gasteiger charge is 2.35. The largest absolute Gasteiger partial charge is 0.488 e. The zero-order chi connectivity index (χ0) is 17.0. The van der Waals surface area contributed by atoms with Crippen LogP contribution in [0, 0.1) is 0 Å². The lowest BCUT2D eigenvalue weighted by Crippen LogP contribution is -2.30. The number of rotatable bonds is 5. The molecule has 0 aliphatic heterocycles. The molecule has 0 bridgehead atoms.